The maximum atomic E-state index is 13.0. The summed E-state index contributed by atoms with van der Waals surface area (Å²) >= 11 is 24.4. The fourth-order valence-electron chi connectivity index (χ4n) is 6.27. The van der Waals surface area contributed by atoms with Crippen molar-refractivity contribution >= 4 is 70.4 Å². The maximum absolute atomic E-state index is 13.0. The molecule has 362 valence electrons. The van der Waals surface area contributed by atoms with E-state index in [4.69, 9.17) is 55.9 Å². The second-order valence-corrected chi connectivity index (χ2v) is 18.6. The summed E-state index contributed by atoms with van der Waals surface area (Å²) in [6.45, 7) is 12.2. The third kappa shape index (κ3) is 17.9. The summed E-state index contributed by atoms with van der Waals surface area (Å²) in [6, 6.07) is 8.90. The molecule has 0 aliphatic rings. The van der Waals surface area contributed by atoms with Crippen molar-refractivity contribution in [2.75, 3.05) is 47.9 Å². The first-order valence-corrected chi connectivity index (χ1v) is 20.8. The Labute approximate surface area is 389 Å². The van der Waals surface area contributed by atoms with E-state index in [1.165, 1.54) is 62.5 Å². The topological polar surface area (TPSA) is 140 Å². The lowest BCUT2D eigenvalue weighted by Gasteiger charge is -2.45. The summed E-state index contributed by atoms with van der Waals surface area (Å²) in [5.41, 5.74) is -3.95. The normalized spacial score (nSPS) is 14.4. The molecule has 3 unspecified atom stereocenters. The molecule has 2 aromatic rings. The zero-order valence-corrected chi connectivity index (χ0v) is 40.2. The average molecular weight is 1000 g/mol. The lowest BCUT2D eigenvalue weighted by atomic mass is 9.82. The van der Waals surface area contributed by atoms with Gasteiger partial charge in [-0.25, -0.2) is 9.59 Å². The van der Waals surface area contributed by atoms with Crippen LogP contribution in [0.3, 0.4) is 0 Å². The lowest BCUT2D eigenvalue weighted by molar-refractivity contribution is -0.163. The van der Waals surface area contributed by atoms with Crippen molar-refractivity contribution in [3.63, 3.8) is 0 Å². The minimum Gasteiger partial charge on any atom is -0.444 e. The van der Waals surface area contributed by atoms with Gasteiger partial charge < -0.3 is 29.5 Å². The van der Waals surface area contributed by atoms with Crippen LogP contribution in [0.4, 0.5) is 35.9 Å². The molecule has 3 atom stereocenters. The number of aliphatic hydroxyl groups is 2. The Kier molecular flexibility index (Phi) is 21.1. The van der Waals surface area contributed by atoms with E-state index in [2.05, 4.69) is 6.58 Å². The summed E-state index contributed by atoms with van der Waals surface area (Å²) < 4.78 is 87.6. The van der Waals surface area contributed by atoms with Crippen molar-refractivity contribution in [3.05, 3.63) is 80.3 Å². The number of carbonyl (C=O) groups is 4. The first-order valence-electron chi connectivity index (χ1n) is 19.3. The number of carbonyl (C=O) groups excluding carboxylic acids is 4. The number of halogens is 10. The molecule has 0 aliphatic carbocycles. The van der Waals surface area contributed by atoms with E-state index in [9.17, 15) is 55.7 Å². The van der Waals surface area contributed by atoms with Crippen molar-refractivity contribution in [2.24, 2.45) is 0 Å². The number of likely N-dealkylation sites (N-methyl/N-ethyl adjacent to an activating group) is 4. The fourth-order valence-corrected chi connectivity index (χ4v) is 6.87. The number of rotatable bonds is 15. The Bertz CT molecular complexity index is 1950. The first kappa shape index (κ1) is 58.3. The van der Waals surface area contributed by atoms with Crippen LogP contribution in [0.15, 0.2) is 49.1 Å². The van der Waals surface area contributed by atoms with Gasteiger partial charge in [0.25, 0.3) is 0 Å². The molecule has 0 spiro atoms. The van der Waals surface area contributed by atoms with Crippen LogP contribution in [0.2, 0.25) is 20.1 Å². The highest BCUT2D eigenvalue weighted by Crippen LogP contribution is 2.40. The lowest BCUT2D eigenvalue weighted by Crippen LogP contribution is -2.57. The second-order valence-electron chi connectivity index (χ2n) is 17.0. The molecule has 12 nitrogen and oxygen atoms in total. The van der Waals surface area contributed by atoms with E-state index in [0.717, 1.165) is 21.7 Å². The van der Waals surface area contributed by atoms with Crippen molar-refractivity contribution in [1.82, 2.24) is 19.6 Å². The molecule has 22 heteroatoms. The molecule has 4 amide bonds. The molecule has 0 fully saturated rings. The zero-order valence-electron chi connectivity index (χ0n) is 37.2. The molecule has 0 aromatic heterocycles. The van der Waals surface area contributed by atoms with Gasteiger partial charge in [-0.1, -0.05) is 64.6 Å². The van der Waals surface area contributed by atoms with E-state index in [1.54, 1.807) is 47.6 Å². The summed E-state index contributed by atoms with van der Waals surface area (Å²) in [5, 5.41) is 20.5. The summed E-state index contributed by atoms with van der Waals surface area (Å²) in [6.07, 6.45) is -14.4. The van der Waals surface area contributed by atoms with Gasteiger partial charge in [-0.05, 0) is 83.4 Å². The van der Waals surface area contributed by atoms with Gasteiger partial charge in [-0.2, -0.15) is 26.3 Å². The van der Waals surface area contributed by atoms with Crippen molar-refractivity contribution in [1.29, 1.82) is 0 Å². The van der Waals surface area contributed by atoms with Gasteiger partial charge in [0.15, 0.2) is 0 Å². The number of hydrogen-bond donors (Lipinski definition) is 2. The molecular formula is C42H56Cl4F6N4O8. The SMILES string of the molecule is C=CCC(CN(C)C(=O)CC(F)(F)F)(c1ccc(Cl)c(Cl)c1)N(C)C(=O)OC(C)(C)C.CN(CC(CC(O)CO)(c1ccc(Cl)c(Cl)c1)N(C)C(=O)OC(C)(C)C)C(=O)CC(F)(F)F. The predicted molar refractivity (Wildman–Crippen MR) is 233 cm³/mol. The standard InChI is InChI=1S/C21H29Cl2F3N2O5.C21H27Cl2F3N2O3/c1-19(2,3)33-18(32)28(5)20(9-14(30)11-29,13-6-7-15(22)16(23)8-13)12-27(4)17(31)10-21(24,25)26;1-7-10-20(14-8-9-15(22)16(23)11-14,28(6)18(30)31-19(2,3)4)13-27(5)17(29)12-21(24,25)26/h6-8,14,29-30H,9-12H2,1-5H3;7-9,11H,1,10,12-13H2,2-6H3. The van der Waals surface area contributed by atoms with Crippen molar-refractivity contribution < 1.29 is 65.2 Å². The Balaban J connectivity index is 0.000000641. The highest BCUT2D eigenvalue weighted by atomic mass is 35.5. The summed E-state index contributed by atoms with van der Waals surface area (Å²) in [4.78, 5) is 54.5. The highest BCUT2D eigenvalue weighted by Gasteiger charge is 2.46. The quantitative estimate of drug-likeness (QED) is 0.133. The van der Waals surface area contributed by atoms with Crippen LogP contribution in [0.1, 0.15) is 78.4 Å². The molecule has 2 rings (SSSR count). The molecular weight excluding hydrogens is 944 g/mol. The van der Waals surface area contributed by atoms with Gasteiger partial charge in [-0.15, -0.1) is 6.58 Å². The van der Waals surface area contributed by atoms with E-state index in [0.29, 0.717) is 5.56 Å². The number of nitrogens with zero attached hydrogens (tertiary/aromatic N) is 4. The number of benzene rings is 2. The Hall–Kier alpha value is -3.68. The Morgan fingerprint density at radius 3 is 1.31 bits per heavy atom. The molecule has 2 aromatic carbocycles. The minimum atomic E-state index is -4.74. The monoisotopic (exact) mass is 998 g/mol. The summed E-state index contributed by atoms with van der Waals surface area (Å²) in [5.74, 6) is -2.39. The van der Waals surface area contributed by atoms with Crippen LogP contribution in [-0.2, 0) is 30.1 Å². The highest BCUT2D eigenvalue weighted by molar-refractivity contribution is 6.42. The van der Waals surface area contributed by atoms with Gasteiger partial charge >= 0.3 is 24.5 Å². The second kappa shape index (κ2) is 23.2. The number of hydrogen-bond acceptors (Lipinski definition) is 8. The third-order valence-electron chi connectivity index (χ3n) is 9.35. The fraction of sp³-hybridized carbons (Fsp3) is 0.571. The van der Waals surface area contributed by atoms with Crippen molar-refractivity contribution in [2.45, 2.75) is 108 Å². The van der Waals surface area contributed by atoms with Crippen LogP contribution in [-0.4, -0.2) is 131 Å². The number of aliphatic hydroxyl groups excluding tert-OH is 2. The van der Waals surface area contributed by atoms with Gasteiger partial charge in [-0.3, -0.25) is 19.4 Å². The number of ether oxygens (including phenoxy) is 2. The Morgan fingerprint density at radius 1 is 0.656 bits per heavy atom. The molecule has 0 saturated carbocycles. The molecule has 0 radical (unpaired) electrons. The molecule has 0 saturated heterocycles. The smallest absolute Gasteiger partial charge is 0.410 e. The third-order valence-corrected chi connectivity index (χ3v) is 10.8. The largest absolute Gasteiger partial charge is 0.444 e. The molecule has 0 bridgehead atoms. The Morgan fingerprint density at radius 2 is 1.00 bits per heavy atom. The predicted octanol–water partition coefficient (Wildman–Crippen LogP) is 10.3. The van der Waals surface area contributed by atoms with Gasteiger partial charge in [0.05, 0.1) is 43.9 Å². The van der Waals surface area contributed by atoms with E-state index >= 15 is 0 Å². The maximum Gasteiger partial charge on any atom is 0.410 e. The van der Waals surface area contributed by atoms with Crippen molar-refractivity contribution in [3.8, 4) is 0 Å². The van der Waals surface area contributed by atoms with Gasteiger partial charge in [0.2, 0.25) is 11.8 Å². The van der Waals surface area contributed by atoms with E-state index in [-0.39, 0.29) is 45.0 Å². The molecule has 2 N–H and O–H groups in total. The van der Waals surface area contributed by atoms with Crippen LogP contribution in [0, 0.1) is 0 Å². The van der Waals surface area contributed by atoms with Crippen LogP contribution in [0.25, 0.3) is 0 Å². The summed E-state index contributed by atoms with van der Waals surface area (Å²) in [7, 11) is 5.16. The molecule has 0 aliphatic heterocycles. The van der Waals surface area contributed by atoms with Crippen LogP contribution >= 0.6 is 46.4 Å². The minimum absolute atomic E-state index is 0.0823. The number of amides is 4. The van der Waals surface area contributed by atoms with Crippen LogP contribution in [0.5, 0.6) is 0 Å². The van der Waals surface area contributed by atoms with E-state index in [1.807, 2.05) is 0 Å². The molecule has 64 heavy (non-hydrogen) atoms. The molecule has 0 heterocycles. The number of alkyl halides is 6. The van der Waals surface area contributed by atoms with Crippen LogP contribution < -0.4 is 0 Å². The zero-order chi connectivity index (χ0) is 50.0. The first-order chi connectivity index (χ1) is 28.9. The average Bonchev–Trinajstić information content (AvgIpc) is 3.13. The van der Waals surface area contributed by atoms with Gasteiger partial charge in [0.1, 0.15) is 24.0 Å². The van der Waals surface area contributed by atoms with Gasteiger partial charge in [0, 0.05) is 47.7 Å². The van der Waals surface area contributed by atoms with E-state index < -0.39 is 90.7 Å².